The number of hydrogen-bond acceptors (Lipinski definition) is 4. The van der Waals surface area contributed by atoms with Gasteiger partial charge in [0.15, 0.2) is 0 Å². The maximum Gasteiger partial charge on any atom is 0.143 e. The number of aromatic nitrogens is 1. The second-order valence-corrected chi connectivity index (χ2v) is 4.39. The van der Waals surface area contributed by atoms with E-state index in [-0.39, 0.29) is 11.8 Å². The molecule has 1 atom stereocenters. The summed E-state index contributed by atoms with van der Waals surface area (Å²) in [6.45, 7) is 5.46. The van der Waals surface area contributed by atoms with E-state index in [9.17, 15) is 0 Å². The van der Waals surface area contributed by atoms with Gasteiger partial charge in [0.2, 0.25) is 0 Å². The molecule has 1 unspecified atom stereocenters. The topological polar surface area (TPSA) is 74.7 Å². The second-order valence-electron chi connectivity index (χ2n) is 4.39. The van der Waals surface area contributed by atoms with Crippen LogP contribution in [0.4, 0.5) is 0 Å². The van der Waals surface area contributed by atoms with Gasteiger partial charge in [-0.15, -0.1) is 0 Å². The Labute approximate surface area is 102 Å². The van der Waals surface area contributed by atoms with Crippen LogP contribution in [0.2, 0.25) is 0 Å². The van der Waals surface area contributed by atoms with Gasteiger partial charge in [-0.1, -0.05) is 18.1 Å². The average molecular weight is 236 g/mol. The first-order valence-electron chi connectivity index (χ1n) is 5.61. The van der Waals surface area contributed by atoms with Crippen LogP contribution in [0.25, 0.3) is 0 Å². The molecule has 0 saturated heterocycles. The molecule has 0 fully saturated rings. The zero-order chi connectivity index (χ0) is 12.8. The minimum atomic E-state index is 0.0222. The van der Waals surface area contributed by atoms with Gasteiger partial charge in [0, 0.05) is 25.2 Å². The van der Waals surface area contributed by atoms with Gasteiger partial charge < -0.3 is 10.9 Å². The lowest BCUT2D eigenvalue weighted by Crippen LogP contribution is -2.32. The summed E-state index contributed by atoms with van der Waals surface area (Å²) in [4.78, 5) is 6.45. The molecule has 0 saturated carbocycles. The van der Waals surface area contributed by atoms with Crippen LogP contribution in [0.1, 0.15) is 18.2 Å². The van der Waals surface area contributed by atoms with Crippen molar-refractivity contribution in [1.29, 1.82) is 0 Å². The molecular formula is C12H20N4O. The van der Waals surface area contributed by atoms with E-state index in [4.69, 9.17) is 10.9 Å². The van der Waals surface area contributed by atoms with E-state index in [1.54, 1.807) is 6.20 Å². The lowest BCUT2D eigenvalue weighted by atomic mass is 10.1. The monoisotopic (exact) mass is 236 g/mol. The maximum atomic E-state index is 8.58. The summed E-state index contributed by atoms with van der Waals surface area (Å²) in [6, 6.07) is 3.97. The Hall–Kier alpha value is -1.62. The van der Waals surface area contributed by atoms with E-state index in [1.165, 1.54) is 5.56 Å². The number of hydrogen-bond donors (Lipinski definition) is 2. The molecule has 3 N–H and O–H groups in total. The van der Waals surface area contributed by atoms with Crippen LogP contribution in [-0.2, 0) is 6.54 Å². The Morgan fingerprint density at radius 3 is 2.94 bits per heavy atom. The van der Waals surface area contributed by atoms with Crippen molar-refractivity contribution in [2.45, 2.75) is 20.4 Å². The van der Waals surface area contributed by atoms with E-state index in [0.717, 1.165) is 18.8 Å². The fraction of sp³-hybridized carbons (Fsp3) is 0.500. The fourth-order valence-corrected chi connectivity index (χ4v) is 1.66. The van der Waals surface area contributed by atoms with Gasteiger partial charge in [-0.2, -0.15) is 0 Å². The van der Waals surface area contributed by atoms with E-state index in [1.807, 2.05) is 33.0 Å². The van der Waals surface area contributed by atoms with Crippen LogP contribution < -0.4 is 5.73 Å². The minimum Gasteiger partial charge on any atom is -0.409 e. The Kier molecular flexibility index (Phi) is 4.90. The van der Waals surface area contributed by atoms with E-state index < -0.39 is 0 Å². The molecule has 5 nitrogen and oxygen atoms in total. The standard InChI is InChI=1S/C12H20N4O/c1-9-5-4-6-14-11(9)8-16(3)7-10(2)12(13)15-17/h4-6,10,17H,7-8H2,1-3H3,(H2,13,15). The van der Waals surface area contributed by atoms with Gasteiger partial charge in [-0.25, -0.2) is 0 Å². The minimum absolute atomic E-state index is 0.0222. The van der Waals surface area contributed by atoms with Crippen molar-refractivity contribution in [3.8, 4) is 0 Å². The van der Waals surface area contributed by atoms with E-state index >= 15 is 0 Å². The van der Waals surface area contributed by atoms with Gasteiger partial charge >= 0.3 is 0 Å². The highest BCUT2D eigenvalue weighted by molar-refractivity contribution is 5.82. The van der Waals surface area contributed by atoms with Crippen molar-refractivity contribution in [3.05, 3.63) is 29.6 Å². The first kappa shape index (κ1) is 13.4. The van der Waals surface area contributed by atoms with Gasteiger partial charge in [-0.3, -0.25) is 9.88 Å². The quantitative estimate of drug-likeness (QED) is 0.349. The number of aryl methyl sites for hydroxylation is 1. The molecule has 0 aliphatic heterocycles. The summed E-state index contributed by atoms with van der Waals surface area (Å²) >= 11 is 0. The molecule has 0 bridgehead atoms. The fourth-order valence-electron chi connectivity index (χ4n) is 1.66. The second kappa shape index (κ2) is 6.20. The molecule has 0 spiro atoms. The third-order valence-corrected chi connectivity index (χ3v) is 2.74. The number of oxime groups is 1. The predicted molar refractivity (Wildman–Crippen MR) is 67.9 cm³/mol. The van der Waals surface area contributed by atoms with Crippen molar-refractivity contribution in [2.24, 2.45) is 16.8 Å². The average Bonchev–Trinajstić information content (AvgIpc) is 2.31. The molecule has 0 aliphatic carbocycles. The SMILES string of the molecule is Cc1cccnc1CN(C)CC(C)/C(N)=N/O. The van der Waals surface area contributed by atoms with E-state index in [2.05, 4.69) is 15.0 Å². The first-order chi connectivity index (χ1) is 8.04. The van der Waals surface area contributed by atoms with Crippen molar-refractivity contribution in [2.75, 3.05) is 13.6 Å². The van der Waals surface area contributed by atoms with Crippen LogP contribution in [-0.4, -0.2) is 34.5 Å². The van der Waals surface area contributed by atoms with Gasteiger partial charge in [-0.05, 0) is 25.6 Å². The van der Waals surface area contributed by atoms with Crippen LogP contribution in [0.5, 0.6) is 0 Å². The summed E-state index contributed by atoms with van der Waals surface area (Å²) in [5, 5.41) is 11.6. The van der Waals surface area contributed by atoms with Gasteiger partial charge in [0.25, 0.3) is 0 Å². The molecule has 1 rings (SSSR count). The molecule has 1 aromatic heterocycles. The third kappa shape index (κ3) is 4.03. The van der Waals surface area contributed by atoms with Crippen molar-refractivity contribution in [1.82, 2.24) is 9.88 Å². The highest BCUT2D eigenvalue weighted by atomic mass is 16.4. The number of nitrogens with two attached hydrogens (primary N) is 1. The highest BCUT2D eigenvalue weighted by Crippen LogP contribution is 2.07. The van der Waals surface area contributed by atoms with Gasteiger partial charge in [0.1, 0.15) is 5.84 Å². The highest BCUT2D eigenvalue weighted by Gasteiger charge is 2.12. The molecule has 0 aromatic carbocycles. The van der Waals surface area contributed by atoms with Crippen molar-refractivity contribution >= 4 is 5.84 Å². The van der Waals surface area contributed by atoms with Crippen LogP contribution in [0, 0.1) is 12.8 Å². The Bertz CT molecular complexity index is 392. The van der Waals surface area contributed by atoms with Crippen molar-refractivity contribution in [3.63, 3.8) is 0 Å². The molecular weight excluding hydrogens is 216 g/mol. The third-order valence-electron chi connectivity index (χ3n) is 2.74. The summed E-state index contributed by atoms with van der Waals surface area (Å²) in [5.74, 6) is 0.281. The number of rotatable bonds is 5. The molecule has 0 amide bonds. The molecule has 5 heteroatoms. The smallest absolute Gasteiger partial charge is 0.143 e. The van der Waals surface area contributed by atoms with Crippen LogP contribution in [0.3, 0.4) is 0 Å². The molecule has 94 valence electrons. The maximum absolute atomic E-state index is 8.58. The number of nitrogens with zero attached hydrogens (tertiary/aromatic N) is 3. The van der Waals surface area contributed by atoms with Crippen molar-refractivity contribution < 1.29 is 5.21 Å². The normalized spacial score (nSPS) is 14.0. The molecule has 1 heterocycles. The summed E-state index contributed by atoms with van der Waals surface area (Å²) in [7, 11) is 2.00. The molecule has 0 radical (unpaired) electrons. The lowest BCUT2D eigenvalue weighted by molar-refractivity contribution is 0.288. The number of amidine groups is 1. The zero-order valence-electron chi connectivity index (χ0n) is 10.6. The largest absolute Gasteiger partial charge is 0.409 e. The van der Waals surface area contributed by atoms with E-state index in [0.29, 0.717) is 0 Å². The Morgan fingerprint density at radius 2 is 2.35 bits per heavy atom. The van der Waals surface area contributed by atoms with Crippen LogP contribution in [0.15, 0.2) is 23.5 Å². The Balaban J connectivity index is 2.56. The van der Waals surface area contributed by atoms with Crippen LogP contribution >= 0.6 is 0 Å². The summed E-state index contributed by atoms with van der Waals surface area (Å²) < 4.78 is 0. The summed E-state index contributed by atoms with van der Waals surface area (Å²) in [5.41, 5.74) is 7.78. The van der Waals surface area contributed by atoms with Gasteiger partial charge in [0.05, 0.1) is 5.69 Å². The number of pyridine rings is 1. The Morgan fingerprint density at radius 1 is 1.65 bits per heavy atom. The lowest BCUT2D eigenvalue weighted by Gasteiger charge is -2.20. The molecule has 17 heavy (non-hydrogen) atoms. The zero-order valence-corrected chi connectivity index (χ0v) is 10.6. The predicted octanol–water partition coefficient (Wildman–Crippen LogP) is 1.20. The molecule has 0 aliphatic rings. The molecule has 1 aromatic rings. The summed E-state index contributed by atoms with van der Waals surface area (Å²) in [6.07, 6.45) is 1.79. The first-order valence-corrected chi connectivity index (χ1v) is 5.61.